The van der Waals surface area contributed by atoms with Gasteiger partial charge in [-0.2, -0.15) is 13.2 Å². The Morgan fingerprint density at radius 1 is 1.17 bits per heavy atom. The van der Waals surface area contributed by atoms with Crippen molar-refractivity contribution in [3.8, 4) is 0 Å². The maximum atomic E-state index is 12.7. The van der Waals surface area contributed by atoms with Crippen LogP contribution in [0.4, 0.5) is 13.2 Å². The number of ether oxygens (including phenoxy) is 1. The van der Waals surface area contributed by atoms with E-state index >= 15 is 0 Å². The van der Waals surface area contributed by atoms with Crippen LogP contribution in [0.1, 0.15) is 33.7 Å². The third kappa shape index (κ3) is 5.70. The van der Waals surface area contributed by atoms with E-state index in [1.807, 2.05) is 16.2 Å². The summed E-state index contributed by atoms with van der Waals surface area (Å²) in [5.41, 5.74) is 0.913. The molecule has 0 bridgehead atoms. The van der Waals surface area contributed by atoms with Gasteiger partial charge in [0.2, 0.25) is 15.8 Å². The van der Waals surface area contributed by atoms with Crippen LogP contribution in [0.25, 0.3) is 0 Å². The molecule has 11 heteroatoms. The number of rotatable bonds is 8. The fraction of sp³-hybridized carbons (Fsp3) is 0.368. The molecule has 0 saturated heterocycles. The molecule has 0 radical (unpaired) electrons. The first-order valence-electron chi connectivity index (χ1n) is 8.81. The van der Waals surface area contributed by atoms with Crippen LogP contribution in [0.15, 0.2) is 35.2 Å². The lowest BCUT2D eigenvalue weighted by Crippen LogP contribution is -2.27. The van der Waals surface area contributed by atoms with E-state index in [9.17, 15) is 31.2 Å². The highest BCUT2D eigenvalue weighted by Crippen LogP contribution is 2.30. The van der Waals surface area contributed by atoms with Crippen molar-refractivity contribution in [3.63, 3.8) is 0 Å². The number of aromatic nitrogens is 1. The predicted molar refractivity (Wildman–Crippen MR) is 101 cm³/mol. The second-order valence-corrected chi connectivity index (χ2v) is 8.37. The summed E-state index contributed by atoms with van der Waals surface area (Å²) in [6, 6.07) is 4.92. The van der Waals surface area contributed by atoms with Gasteiger partial charge in [-0.3, -0.25) is 9.59 Å². The van der Waals surface area contributed by atoms with Crippen LogP contribution in [0.3, 0.4) is 0 Å². The highest BCUT2D eigenvalue weighted by Gasteiger charge is 2.31. The molecule has 0 saturated carbocycles. The van der Waals surface area contributed by atoms with Gasteiger partial charge in [0.15, 0.2) is 6.61 Å². The van der Waals surface area contributed by atoms with Crippen LogP contribution in [0, 0.1) is 13.8 Å². The van der Waals surface area contributed by atoms with Crippen molar-refractivity contribution in [2.24, 2.45) is 7.05 Å². The van der Waals surface area contributed by atoms with E-state index in [4.69, 9.17) is 4.74 Å². The quantitative estimate of drug-likeness (QED) is 0.497. The third-order valence-electron chi connectivity index (χ3n) is 4.53. The van der Waals surface area contributed by atoms with E-state index in [1.54, 1.807) is 20.0 Å². The van der Waals surface area contributed by atoms with Crippen LogP contribution < -0.4 is 4.72 Å². The van der Waals surface area contributed by atoms with Gasteiger partial charge >= 0.3 is 12.1 Å². The van der Waals surface area contributed by atoms with E-state index < -0.39 is 58.0 Å². The lowest BCUT2D eigenvalue weighted by Gasteiger charge is -2.10. The van der Waals surface area contributed by atoms with Crippen molar-refractivity contribution in [1.29, 1.82) is 0 Å². The molecule has 2 aromatic rings. The number of carbonyl (C=O) groups excluding carboxylic acids is 2. The van der Waals surface area contributed by atoms with Gasteiger partial charge in [-0.25, -0.2) is 13.1 Å². The first kappa shape index (κ1) is 23.6. The average Bonchev–Trinajstić information content (AvgIpc) is 2.93. The molecule has 1 aromatic heterocycles. The Balaban J connectivity index is 1.88. The molecule has 0 atom stereocenters. The van der Waals surface area contributed by atoms with Gasteiger partial charge in [0.05, 0.1) is 16.9 Å². The van der Waals surface area contributed by atoms with E-state index in [-0.39, 0.29) is 0 Å². The lowest BCUT2D eigenvalue weighted by atomic mass is 10.1. The number of hydrogen-bond acceptors (Lipinski definition) is 5. The number of alkyl halides is 3. The number of nitrogens with zero attached hydrogens (tertiary/aromatic N) is 1. The van der Waals surface area contributed by atoms with Crippen molar-refractivity contribution < 1.29 is 35.9 Å². The van der Waals surface area contributed by atoms with Crippen LogP contribution in [0.2, 0.25) is 0 Å². The Bertz CT molecular complexity index is 1060. The number of nitrogens with one attached hydrogen (secondary N) is 1. The van der Waals surface area contributed by atoms with Crippen molar-refractivity contribution in [2.45, 2.75) is 31.3 Å². The van der Waals surface area contributed by atoms with Gasteiger partial charge in [-0.05, 0) is 38.1 Å². The van der Waals surface area contributed by atoms with Crippen molar-refractivity contribution in [3.05, 3.63) is 52.8 Å². The van der Waals surface area contributed by atoms with Crippen LogP contribution in [-0.2, 0) is 32.8 Å². The zero-order valence-corrected chi connectivity index (χ0v) is 17.4. The Labute approximate surface area is 171 Å². The highest BCUT2D eigenvalue weighted by molar-refractivity contribution is 7.89. The molecule has 0 aliphatic heterocycles. The van der Waals surface area contributed by atoms with Gasteiger partial charge in [0.25, 0.3) is 0 Å². The Kier molecular flexibility index (Phi) is 7.09. The molecule has 30 heavy (non-hydrogen) atoms. The summed E-state index contributed by atoms with van der Waals surface area (Å²) in [6.07, 6.45) is -5.07. The van der Waals surface area contributed by atoms with Gasteiger partial charge in [0, 0.05) is 30.5 Å². The third-order valence-corrected chi connectivity index (χ3v) is 5.99. The van der Waals surface area contributed by atoms with Crippen LogP contribution >= 0.6 is 0 Å². The summed E-state index contributed by atoms with van der Waals surface area (Å²) in [7, 11) is -2.45. The smallest absolute Gasteiger partial charge is 0.416 e. The van der Waals surface area contributed by atoms with E-state index in [0.717, 1.165) is 29.6 Å². The van der Waals surface area contributed by atoms with E-state index in [0.29, 0.717) is 11.6 Å². The number of benzene rings is 1. The topological polar surface area (TPSA) is 94.5 Å². The Morgan fingerprint density at radius 3 is 2.40 bits per heavy atom. The zero-order valence-electron chi connectivity index (χ0n) is 16.5. The summed E-state index contributed by atoms with van der Waals surface area (Å²) < 4.78 is 71.2. The SMILES string of the molecule is Cc1cc(C(=O)COC(=O)CCNS(=O)(=O)c2cccc(C(F)(F)F)c2)c(C)n1C. The summed E-state index contributed by atoms with van der Waals surface area (Å²) >= 11 is 0. The molecular weight excluding hydrogens is 425 g/mol. The number of carbonyl (C=O) groups is 2. The van der Waals surface area contributed by atoms with E-state index in [2.05, 4.69) is 0 Å². The molecule has 0 amide bonds. The number of Topliss-reactive ketones (excluding diaryl/α,β-unsaturated/α-hetero) is 1. The zero-order chi connectivity index (χ0) is 22.7. The first-order valence-corrected chi connectivity index (χ1v) is 10.3. The number of halogens is 3. The number of sulfonamides is 1. The van der Waals surface area contributed by atoms with Gasteiger partial charge in [0.1, 0.15) is 0 Å². The number of hydrogen-bond donors (Lipinski definition) is 1. The maximum Gasteiger partial charge on any atom is 0.416 e. The largest absolute Gasteiger partial charge is 0.457 e. The minimum atomic E-state index is -4.68. The summed E-state index contributed by atoms with van der Waals surface area (Å²) in [4.78, 5) is 23.4. The fourth-order valence-corrected chi connectivity index (χ4v) is 3.72. The fourth-order valence-electron chi connectivity index (χ4n) is 2.64. The van der Waals surface area contributed by atoms with Crippen LogP contribution in [-0.4, -0.2) is 37.9 Å². The summed E-state index contributed by atoms with van der Waals surface area (Å²) in [6.45, 7) is 2.69. The molecule has 0 aliphatic carbocycles. The molecule has 2 rings (SSSR count). The normalized spacial score (nSPS) is 12.1. The number of ketones is 1. The predicted octanol–water partition coefficient (Wildman–Crippen LogP) is 2.76. The molecular formula is C19H21F3N2O5S. The molecule has 1 heterocycles. The Morgan fingerprint density at radius 2 is 1.83 bits per heavy atom. The van der Waals surface area contributed by atoms with Crippen molar-refractivity contribution >= 4 is 21.8 Å². The molecule has 0 spiro atoms. The molecule has 0 aliphatic rings. The molecule has 7 nitrogen and oxygen atoms in total. The molecule has 1 N–H and O–H groups in total. The minimum Gasteiger partial charge on any atom is -0.457 e. The van der Waals surface area contributed by atoms with Gasteiger partial charge < -0.3 is 9.30 Å². The number of aryl methyl sites for hydroxylation is 1. The highest BCUT2D eigenvalue weighted by atomic mass is 32.2. The van der Waals surface area contributed by atoms with Crippen molar-refractivity contribution in [1.82, 2.24) is 9.29 Å². The standard InChI is InChI=1S/C19H21F3N2O5S/c1-12-9-16(13(2)24(12)3)17(25)11-29-18(26)7-8-23-30(27,28)15-6-4-5-14(10-15)19(20,21)22/h4-6,9-10,23H,7-8,11H2,1-3H3. The molecule has 1 aromatic carbocycles. The monoisotopic (exact) mass is 446 g/mol. The van der Waals surface area contributed by atoms with Gasteiger partial charge in [-0.15, -0.1) is 0 Å². The lowest BCUT2D eigenvalue weighted by molar-refractivity contribution is -0.142. The molecule has 164 valence electrons. The second kappa shape index (κ2) is 9.00. The van der Waals surface area contributed by atoms with Crippen LogP contribution in [0.5, 0.6) is 0 Å². The maximum absolute atomic E-state index is 12.7. The second-order valence-electron chi connectivity index (χ2n) is 6.60. The molecule has 0 unspecified atom stereocenters. The Hall–Kier alpha value is -2.66. The molecule has 0 fully saturated rings. The van der Waals surface area contributed by atoms with Crippen molar-refractivity contribution in [2.75, 3.05) is 13.2 Å². The first-order chi connectivity index (χ1) is 13.8. The van der Waals surface area contributed by atoms with E-state index in [1.165, 1.54) is 0 Å². The summed E-state index contributed by atoms with van der Waals surface area (Å²) in [5.74, 6) is -1.21. The van der Waals surface area contributed by atoms with Gasteiger partial charge in [-0.1, -0.05) is 6.07 Å². The number of esters is 1. The average molecular weight is 446 g/mol. The minimum absolute atomic E-state index is 0.391. The summed E-state index contributed by atoms with van der Waals surface area (Å²) in [5, 5.41) is 0.